The van der Waals surface area contributed by atoms with Crippen LogP contribution >= 0.6 is 0 Å². The summed E-state index contributed by atoms with van der Waals surface area (Å²) in [5, 5.41) is 0. The number of aryl methyl sites for hydroxylation is 1. The van der Waals surface area contributed by atoms with Crippen LogP contribution < -0.4 is 4.90 Å². The van der Waals surface area contributed by atoms with Gasteiger partial charge in [-0.1, -0.05) is 13.8 Å². The molecule has 148 valence electrons. The highest BCUT2D eigenvalue weighted by molar-refractivity contribution is 5.91. The number of likely N-dealkylation sites (tertiary alicyclic amines) is 1. The van der Waals surface area contributed by atoms with Crippen molar-refractivity contribution in [1.82, 2.24) is 19.8 Å². The fourth-order valence-electron chi connectivity index (χ4n) is 5.62. The van der Waals surface area contributed by atoms with E-state index in [1.54, 1.807) is 0 Å². The van der Waals surface area contributed by atoms with Crippen LogP contribution in [0.4, 0.5) is 5.82 Å². The highest BCUT2D eigenvalue weighted by Crippen LogP contribution is 2.58. The van der Waals surface area contributed by atoms with E-state index in [4.69, 9.17) is 4.98 Å². The standard InChI is InChI=1S/C21H33N5O/c1-14-15(2)22-17(23-18(14)25-8-7-16(9-25)24(5)6)19(27)26-12-21(13-26)10-20(3,4)11-21/h16H,7-13H2,1-6H3/t16-/m1/s1. The molecule has 1 aromatic heterocycles. The Hall–Kier alpha value is -1.69. The van der Waals surface area contributed by atoms with E-state index in [2.05, 4.69) is 49.7 Å². The molecule has 3 aliphatic rings. The fraction of sp³-hybridized carbons (Fsp3) is 0.762. The molecule has 0 aromatic carbocycles. The summed E-state index contributed by atoms with van der Waals surface area (Å²) in [7, 11) is 4.26. The van der Waals surface area contributed by atoms with E-state index in [0.29, 0.717) is 22.7 Å². The lowest BCUT2D eigenvalue weighted by Crippen LogP contribution is -2.65. The highest BCUT2D eigenvalue weighted by atomic mass is 16.2. The highest BCUT2D eigenvalue weighted by Gasteiger charge is 2.57. The molecule has 1 atom stereocenters. The van der Waals surface area contributed by atoms with Crippen LogP contribution in [0.3, 0.4) is 0 Å². The van der Waals surface area contributed by atoms with E-state index < -0.39 is 0 Å². The molecule has 0 radical (unpaired) electrons. The van der Waals surface area contributed by atoms with Crippen molar-refractivity contribution < 1.29 is 4.79 Å². The SMILES string of the molecule is Cc1nc(C(=O)N2CC3(C2)CC(C)(C)C3)nc(N2CC[C@@H](N(C)C)C2)c1C. The van der Waals surface area contributed by atoms with Gasteiger partial charge < -0.3 is 14.7 Å². The first-order valence-corrected chi connectivity index (χ1v) is 10.2. The normalized spacial score (nSPS) is 25.7. The van der Waals surface area contributed by atoms with E-state index in [9.17, 15) is 4.79 Å². The number of likely N-dealkylation sites (N-methyl/N-ethyl adjacent to an activating group) is 1. The first kappa shape index (κ1) is 18.7. The van der Waals surface area contributed by atoms with Crippen LogP contribution in [-0.2, 0) is 0 Å². The molecule has 0 unspecified atom stereocenters. The van der Waals surface area contributed by atoms with Gasteiger partial charge >= 0.3 is 0 Å². The number of amides is 1. The van der Waals surface area contributed by atoms with Crippen LogP contribution in [0.15, 0.2) is 0 Å². The van der Waals surface area contributed by atoms with Gasteiger partial charge in [0.2, 0.25) is 5.82 Å². The molecule has 2 saturated heterocycles. The molecule has 1 aromatic rings. The van der Waals surface area contributed by atoms with Gasteiger partial charge in [0.15, 0.2) is 0 Å². The fourth-order valence-corrected chi connectivity index (χ4v) is 5.62. The van der Waals surface area contributed by atoms with Crippen LogP contribution in [0.2, 0.25) is 0 Å². The smallest absolute Gasteiger partial charge is 0.291 e. The lowest BCUT2D eigenvalue weighted by Gasteiger charge is -2.62. The maximum Gasteiger partial charge on any atom is 0.291 e. The Morgan fingerprint density at radius 1 is 1.15 bits per heavy atom. The van der Waals surface area contributed by atoms with Crippen molar-refractivity contribution >= 4 is 11.7 Å². The molecule has 1 spiro atoms. The molecule has 1 saturated carbocycles. The zero-order valence-corrected chi connectivity index (χ0v) is 17.7. The summed E-state index contributed by atoms with van der Waals surface area (Å²) in [6, 6.07) is 0.538. The minimum atomic E-state index is -0.00182. The molecule has 27 heavy (non-hydrogen) atoms. The van der Waals surface area contributed by atoms with E-state index in [1.165, 1.54) is 12.8 Å². The molecule has 4 rings (SSSR count). The van der Waals surface area contributed by atoms with Crippen molar-refractivity contribution in [3.8, 4) is 0 Å². The molecule has 6 nitrogen and oxygen atoms in total. The average molecular weight is 372 g/mol. The Balaban J connectivity index is 1.49. The van der Waals surface area contributed by atoms with Crippen molar-refractivity contribution in [3.63, 3.8) is 0 Å². The molecule has 2 aliphatic heterocycles. The lowest BCUT2D eigenvalue weighted by atomic mass is 9.51. The maximum absolute atomic E-state index is 13.0. The van der Waals surface area contributed by atoms with Gasteiger partial charge in [-0.15, -0.1) is 0 Å². The summed E-state index contributed by atoms with van der Waals surface area (Å²) in [5.41, 5.74) is 2.82. The number of hydrogen-bond acceptors (Lipinski definition) is 5. The van der Waals surface area contributed by atoms with E-state index >= 15 is 0 Å². The van der Waals surface area contributed by atoms with Crippen molar-refractivity contribution in [2.45, 2.75) is 53.0 Å². The van der Waals surface area contributed by atoms with Crippen molar-refractivity contribution in [3.05, 3.63) is 17.1 Å². The quantitative estimate of drug-likeness (QED) is 0.817. The molecular formula is C21H33N5O. The van der Waals surface area contributed by atoms with Crippen molar-refractivity contribution in [2.75, 3.05) is 45.2 Å². The van der Waals surface area contributed by atoms with Gasteiger partial charge in [-0.05, 0) is 52.6 Å². The largest absolute Gasteiger partial charge is 0.355 e. The number of nitrogens with zero attached hydrogens (tertiary/aromatic N) is 5. The van der Waals surface area contributed by atoms with Gasteiger partial charge in [0.25, 0.3) is 5.91 Å². The van der Waals surface area contributed by atoms with Crippen LogP contribution in [-0.4, -0.2) is 72.0 Å². The second kappa shape index (κ2) is 6.16. The summed E-state index contributed by atoms with van der Waals surface area (Å²) >= 11 is 0. The zero-order valence-electron chi connectivity index (χ0n) is 17.7. The summed E-state index contributed by atoms with van der Waals surface area (Å²) in [4.78, 5) is 28.8. The van der Waals surface area contributed by atoms with Crippen LogP contribution in [0.25, 0.3) is 0 Å². The Morgan fingerprint density at radius 2 is 1.81 bits per heavy atom. The summed E-state index contributed by atoms with van der Waals surface area (Å²) in [5.74, 6) is 1.31. The van der Waals surface area contributed by atoms with Crippen LogP contribution in [0.5, 0.6) is 0 Å². The minimum Gasteiger partial charge on any atom is -0.355 e. The summed E-state index contributed by atoms with van der Waals surface area (Å²) in [6.45, 7) is 12.4. The monoisotopic (exact) mass is 371 g/mol. The third-order valence-electron chi connectivity index (χ3n) is 6.79. The summed E-state index contributed by atoms with van der Waals surface area (Å²) in [6.07, 6.45) is 3.58. The second-order valence-electron chi connectivity index (χ2n) is 10.1. The van der Waals surface area contributed by atoms with Crippen LogP contribution in [0.1, 0.15) is 55.0 Å². The Kier molecular flexibility index (Phi) is 4.26. The van der Waals surface area contributed by atoms with Crippen LogP contribution in [0, 0.1) is 24.7 Å². The summed E-state index contributed by atoms with van der Waals surface area (Å²) < 4.78 is 0. The first-order chi connectivity index (χ1) is 12.6. The zero-order chi connectivity index (χ0) is 19.6. The predicted octanol–water partition coefficient (Wildman–Crippen LogP) is 2.50. The number of hydrogen-bond donors (Lipinski definition) is 0. The third kappa shape index (κ3) is 3.22. The molecule has 6 heteroatoms. The first-order valence-electron chi connectivity index (χ1n) is 10.2. The van der Waals surface area contributed by atoms with Gasteiger partial charge in [0, 0.05) is 48.9 Å². The van der Waals surface area contributed by atoms with Gasteiger partial charge in [-0.25, -0.2) is 9.97 Å². The minimum absolute atomic E-state index is 0.00182. The number of carbonyl (C=O) groups is 1. The topological polar surface area (TPSA) is 52.6 Å². The molecule has 3 heterocycles. The number of carbonyl (C=O) groups excluding carboxylic acids is 1. The van der Waals surface area contributed by atoms with E-state index in [1.807, 2.05) is 11.8 Å². The molecule has 1 amide bonds. The Labute approximate surface area is 162 Å². The van der Waals surface area contributed by atoms with E-state index in [0.717, 1.165) is 49.7 Å². The lowest BCUT2D eigenvalue weighted by molar-refractivity contribution is -0.112. The van der Waals surface area contributed by atoms with Gasteiger partial charge in [-0.3, -0.25) is 4.79 Å². The molecule has 1 aliphatic carbocycles. The Morgan fingerprint density at radius 3 is 2.37 bits per heavy atom. The van der Waals surface area contributed by atoms with Gasteiger partial charge in [0.05, 0.1) is 0 Å². The Bertz CT molecular complexity index is 756. The predicted molar refractivity (Wildman–Crippen MR) is 107 cm³/mol. The number of aromatic nitrogens is 2. The van der Waals surface area contributed by atoms with Crippen molar-refractivity contribution in [1.29, 1.82) is 0 Å². The van der Waals surface area contributed by atoms with Gasteiger partial charge in [0.1, 0.15) is 5.82 Å². The van der Waals surface area contributed by atoms with Gasteiger partial charge in [-0.2, -0.15) is 0 Å². The number of rotatable bonds is 3. The number of anilines is 1. The third-order valence-corrected chi connectivity index (χ3v) is 6.79. The maximum atomic E-state index is 13.0. The molecule has 0 N–H and O–H groups in total. The molecule has 3 fully saturated rings. The molecular weight excluding hydrogens is 338 g/mol. The second-order valence-corrected chi connectivity index (χ2v) is 10.1. The van der Waals surface area contributed by atoms with Crippen molar-refractivity contribution in [2.24, 2.45) is 10.8 Å². The van der Waals surface area contributed by atoms with E-state index in [-0.39, 0.29) is 5.91 Å². The molecule has 0 bridgehead atoms. The average Bonchev–Trinajstić information content (AvgIpc) is 3.01.